The Hall–Kier alpha value is -1.38. The lowest BCUT2D eigenvalue weighted by Gasteiger charge is -2.02. The number of aliphatic carboxylic acids is 1. The number of aromatic nitrogens is 3. The van der Waals surface area contributed by atoms with Gasteiger partial charge in [0.05, 0.1) is 30.4 Å². The summed E-state index contributed by atoms with van der Waals surface area (Å²) in [7, 11) is 1.46. The zero-order valence-corrected chi connectivity index (χ0v) is 12.1. The third-order valence-electron chi connectivity index (χ3n) is 1.92. The molecule has 2 aromatic rings. The predicted octanol–water partition coefficient (Wildman–Crippen LogP) is 2.37. The van der Waals surface area contributed by atoms with Crippen LogP contribution >= 0.6 is 34.7 Å². The van der Waals surface area contributed by atoms with Gasteiger partial charge in [-0.05, 0) is 11.8 Å². The van der Waals surface area contributed by atoms with Gasteiger partial charge in [-0.25, -0.2) is 9.97 Å². The molecule has 9 heteroatoms. The highest BCUT2D eigenvalue weighted by Gasteiger charge is 2.12. The maximum atomic E-state index is 10.6. The fourth-order valence-electron chi connectivity index (χ4n) is 1.16. The quantitative estimate of drug-likeness (QED) is 0.847. The molecule has 0 radical (unpaired) electrons. The fourth-order valence-corrected chi connectivity index (χ4v) is 3.09. The minimum absolute atomic E-state index is 0.0993. The van der Waals surface area contributed by atoms with E-state index in [9.17, 15) is 4.79 Å². The second-order valence-corrected chi connectivity index (χ2v) is 5.79. The number of ether oxygens (including phenoxy) is 1. The van der Waals surface area contributed by atoms with Crippen molar-refractivity contribution in [3.05, 3.63) is 22.3 Å². The second-order valence-electron chi connectivity index (χ2n) is 3.29. The lowest BCUT2D eigenvalue weighted by Crippen LogP contribution is -1.99. The average Bonchev–Trinajstić information content (AvgIpc) is 2.78. The number of methoxy groups -OCH3 is 1. The standard InChI is InChI=1S/C10H8ClN3O3S2/c1-17-9-12-3-6(11)8(14-9)19-10-13-5(4-18-10)2-7(15)16/h3-4H,2H2,1H3,(H,15,16). The summed E-state index contributed by atoms with van der Waals surface area (Å²) >= 11 is 8.56. The van der Waals surface area contributed by atoms with E-state index in [0.717, 1.165) is 0 Å². The molecular weight excluding hydrogens is 310 g/mol. The third-order valence-corrected chi connectivity index (χ3v) is 4.30. The van der Waals surface area contributed by atoms with Gasteiger partial charge >= 0.3 is 12.0 Å². The minimum Gasteiger partial charge on any atom is -0.481 e. The first-order chi connectivity index (χ1) is 9.08. The Labute approximate surface area is 121 Å². The summed E-state index contributed by atoms with van der Waals surface area (Å²) in [5, 5.41) is 11.3. The normalized spacial score (nSPS) is 10.4. The summed E-state index contributed by atoms with van der Waals surface area (Å²) < 4.78 is 5.58. The zero-order valence-electron chi connectivity index (χ0n) is 9.66. The van der Waals surface area contributed by atoms with Gasteiger partial charge in [0.25, 0.3) is 0 Å². The SMILES string of the molecule is COc1ncc(Cl)c(Sc2nc(CC(=O)O)cs2)n1. The average molecular weight is 318 g/mol. The highest BCUT2D eigenvalue weighted by atomic mass is 35.5. The van der Waals surface area contributed by atoms with Gasteiger partial charge in [-0.3, -0.25) is 4.79 Å². The molecule has 0 spiro atoms. The monoisotopic (exact) mass is 317 g/mol. The van der Waals surface area contributed by atoms with E-state index in [0.29, 0.717) is 20.1 Å². The molecule has 100 valence electrons. The Bertz CT molecular complexity index is 605. The lowest BCUT2D eigenvalue weighted by molar-refractivity contribution is -0.136. The van der Waals surface area contributed by atoms with Crippen molar-refractivity contribution in [2.75, 3.05) is 7.11 Å². The van der Waals surface area contributed by atoms with Crippen LogP contribution in [0.3, 0.4) is 0 Å². The van der Waals surface area contributed by atoms with Crippen molar-refractivity contribution in [1.29, 1.82) is 0 Å². The van der Waals surface area contributed by atoms with Gasteiger partial charge in [-0.1, -0.05) is 11.6 Å². The Morgan fingerprint density at radius 3 is 3.05 bits per heavy atom. The zero-order chi connectivity index (χ0) is 13.8. The summed E-state index contributed by atoms with van der Waals surface area (Å²) in [5.74, 6) is -0.913. The molecule has 0 aliphatic carbocycles. The number of hydrogen-bond acceptors (Lipinski definition) is 7. The number of carboxylic acid groups (broad SMARTS) is 1. The van der Waals surface area contributed by atoms with Crippen LogP contribution in [-0.4, -0.2) is 33.1 Å². The highest BCUT2D eigenvalue weighted by Crippen LogP contribution is 2.34. The molecule has 6 nitrogen and oxygen atoms in total. The molecule has 2 aromatic heterocycles. The van der Waals surface area contributed by atoms with Crippen LogP contribution < -0.4 is 4.74 Å². The summed E-state index contributed by atoms with van der Waals surface area (Å²) in [5.41, 5.74) is 0.511. The molecule has 0 aliphatic heterocycles. The van der Waals surface area contributed by atoms with Gasteiger partial charge in [0, 0.05) is 5.38 Å². The molecule has 0 aliphatic rings. The molecule has 0 saturated heterocycles. The smallest absolute Gasteiger partial charge is 0.317 e. The number of hydrogen-bond donors (Lipinski definition) is 1. The molecule has 1 N–H and O–H groups in total. The Morgan fingerprint density at radius 1 is 1.58 bits per heavy atom. The summed E-state index contributed by atoms with van der Waals surface area (Å²) in [4.78, 5) is 22.7. The number of thiazole rings is 1. The molecule has 0 atom stereocenters. The number of halogens is 1. The molecule has 19 heavy (non-hydrogen) atoms. The van der Waals surface area contributed by atoms with E-state index >= 15 is 0 Å². The van der Waals surface area contributed by atoms with Gasteiger partial charge < -0.3 is 9.84 Å². The van der Waals surface area contributed by atoms with Crippen LogP contribution in [0.5, 0.6) is 6.01 Å². The molecule has 0 unspecified atom stereocenters. The van der Waals surface area contributed by atoms with Crippen LogP contribution in [0.1, 0.15) is 5.69 Å². The molecule has 0 fully saturated rings. The van der Waals surface area contributed by atoms with E-state index in [1.807, 2.05) is 0 Å². The molecule has 0 saturated carbocycles. The molecule has 2 rings (SSSR count). The van der Waals surface area contributed by atoms with Crippen LogP contribution in [0.4, 0.5) is 0 Å². The van der Waals surface area contributed by atoms with E-state index in [2.05, 4.69) is 15.0 Å². The summed E-state index contributed by atoms with van der Waals surface area (Å²) in [6.45, 7) is 0. The fraction of sp³-hybridized carbons (Fsp3) is 0.200. The largest absolute Gasteiger partial charge is 0.481 e. The van der Waals surface area contributed by atoms with Crippen molar-refractivity contribution in [2.45, 2.75) is 15.8 Å². The van der Waals surface area contributed by atoms with Crippen LogP contribution in [-0.2, 0) is 11.2 Å². The number of carbonyl (C=O) groups is 1. The first kappa shape index (κ1) is 14.0. The highest BCUT2D eigenvalue weighted by molar-refractivity contribution is 8.01. The first-order valence-corrected chi connectivity index (χ1v) is 7.06. The van der Waals surface area contributed by atoms with E-state index in [-0.39, 0.29) is 12.4 Å². The third kappa shape index (κ3) is 3.79. The van der Waals surface area contributed by atoms with Gasteiger partial charge in [0.2, 0.25) is 0 Å². The van der Waals surface area contributed by atoms with E-state index in [1.165, 1.54) is 36.4 Å². The molecule has 2 heterocycles. The van der Waals surface area contributed by atoms with Gasteiger partial charge in [0.1, 0.15) is 5.03 Å². The van der Waals surface area contributed by atoms with Crippen LogP contribution in [0, 0.1) is 0 Å². The van der Waals surface area contributed by atoms with Crippen molar-refractivity contribution in [3.63, 3.8) is 0 Å². The number of rotatable bonds is 5. The van der Waals surface area contributed by atoms with Crippen molar-refractivity contribution in [2.24, 2.45) is 0 Å². The maximum absolute atomic E-state index is 10.6. The Kier molecular flexibility index (Phi) is 4.56. The van der Waals surface area contributed by atoms with E-state index in [1.54, 1.807) is 5.38 Å². The number of nitrogens with zero attached hydrogens (tertiary/aromatic N) is 3. The number of carboxylic acids is 1. The van der Waals surface area contributed by atoms with Crippen LogP contribution in [0.2, 0.25) is 5.02 Å². The minimum atomic E-state index is -0.913. The Morgan fingerprint density at radius 2 is 2.37 bits per heavy atom. The van der Waals surface area contributed by atoms with E-state index < -0.39 is 5.97 Å². The predicted molar refractivity (Wildman–Crippen MR) is 71.2 cm³/mol. The van der Waals surface area contributed by atoms with Gasteiger partial charge in [-0.2, -0.15) is 4.98 Å². The van der Waals surface area contributed by atoms with Crippen molar-refractivity contribution in [1.82, 2.24) is 15.0 Å². The van der Waals surface area contributed by atoms with E-state index in [4.69, 9.17) is 21.4 Å². The maximum Gasteiger partial charge on any atom is 0.317 e. The van der Waals surface area contributed by atoms with Crippen molar-refractivity contribution < 1.29 is 14.6 Å². The molecule has 0 amide bonds. The lowest BCUT2D eigenvalue weighted by atomic mass is 10.3. The van der Waals surface area contributed by atoms with Crippen LogP contribution in [0.25, 0.3) is 0 Å². The summed E-state index contributed by atoms with van der Waals surface area (Å²) in [6, 6.07) is 0.217. The molecule has 0 aromatic carbocycles. The van der Waals surface area contributed by atoms with Crippen LogP contribution in [0.15, 0.2) is 20.9 Å². The molecular formula is C10H8ClN3O3S2. The van der Waals surface area contributed by atoms with Gasteiger partial charge in [0.15, 0.2) is 4.34 Å². The van der Waals surface area contributed by atoms with Crippen molar-refractivity contribution >= 4 is 40.7 Å². The topological polar surface area (TPSA) is 85.2 Å². The van der Waals surface area contributed by atoms with Crippen molar-refractivity contribution in [3.8, 4) is 6.01 Å². The molecule has 0 bridgehead atoms. The first-order valence-electron chi connectivity index (χ1n) is 4.99. The van der Waals surface area contributed by atoms with Gasteiger partial charge in [-0.15, -0.1) is 11.3 Å². The second kappa shape index (κ2) is 6.18. The Balaban J connectivity index is 2.16. The summed E-state index contributed by atoms with van der Waals surface area (Å²) in [6.07, 6.45) is 1.35.